The van der Waals surface area contributed by atoms with Crippen molar-refractivity contribution in [3.8, 4) is 0 Å². The molecule has 3 N–H and O–H groups in total. The Hall–Kier alpha value is -1.36. The fourth-order valence-electron chi connectivity index (χ4n) is 1.91. The number of hydrogen-bond donors (Lipinski definition) is 3. The fraction of sp³-hybridized carbons (Fsp3) is 0.692. The van der Waals surface area contributed by atoms with E-state index in [4.69, 9.17) is 5.11 Å². The van der Waals surface area contributed by atoms with Gasteiger partial charge < -0.3 is 15.5 Å². The normalized spacial score (nSPS) is 26.4. The van der Waals surface area contributed by atoms with Crippen LogP contribution in [0.15, 0.2) is 12.2 Å². The van der Waals surface area contributed by atoms with Gasteiger partial charge >= 0.3 is 5.97 Å². The van der Waals surface area contributed by atoms with Gasteiger partial charge in [-0.05, 0) is 26.2 Å². The molecule has 0 radical (unpaired) electrons. The molecule has 0 aromatic heterocycles. The molecule has 0 aromatic carbocycles. The minimum Gasteiger partial charge on any atom is -0.481 e. The second-order valence-electron chi connectivity index (χ2n) is 5.06. The van der Waals surface area contributed by atoms with Crippen LogP contribution in [0.2, 0.25) is 0 Å². The van der Waals surface area contributed by atoms with Crippen LogP contribution in [0.3, 0.4) is 0 Å². The first-order valence-electron chi connectivity index (χ1n) is 6.25. The van der Waals surface area contributed by atoms with Crippen molar-refractivity contribution in [1.29, 1.82) is 0 Å². The third-order valence-electron chi connectivity index (χ3n) is 3.49. The Morgan fingerprint density at radius 3 is 2.39 bits per heavy atom. The van der Waals surface area contributed by atoms with Crippen molar-refractivity contribution >= 4 is 11.9 Å². The van der Waals surface area contributed by atoms with Crippen LogP contribution >= 0.6 is 0 Å². The molecule has 1 rings (SSSR count). The Labute approximate surface area is 107 Å². The quantitative estimate of drug-likeness (QED) is 0.638. The summed E-state index contributed by atoms with van der Waals surface area (Å²) in [5.74, 6) is -2.44. The minimum absolute atomic E-state index is 0.148. The van der Waals surface area contributed by atoms with Gasteiger partial charge in [-0.15, -0.1) is 0 Å². The summed E-state index contributed by atoms with van der Waals surface area (Å²) in [6.45, 7) is 3.62. The predicted molar refractivity (Wildman–Crippen MR) is 66.9 cm³/mol. The standard InChI is InChI=1S/C13H21NO4/c1-3-13(2,18)8-14-11(15)9-6-4-5-7-10(9)12(16)17/h4-5,9-10,18H,3,6-8H2,1-2H3,(H,14,15)(H,16,17)/t9-,10+,13?/m1/s1. The lowest BCUT2D eigenvalue weighted by Gasteiger charge is -2.27. The molecule has 1 amide bonds. The monoisotopic (exact) mass is 255 g/mol. The topological polar surface area (TPSA) is 86.6 Å². The molecule has 0 fully saturated rings. The summed E-state index contributed by atoms with van der Waals surface area (Å²) in [6.07, 6.45) is 4.99. The molecule has 0 aromatic rings. The van der Waals surface area contributed by atoms with E-state index in [1.165, 1.54) is 0 Å². The van der Waals surface area contributed by atoms with E-state index in [1.807, 2.05) is 13.0 Å². The molecule has 5 nitrogen and oxygen atoms in total. The minimum atomic E-state index is -0.946. The van der Waals surface area contributed by atoms with Crippen molar-refractivity contribution < 1.29 is 19.8 Å². The van der Waals surface area contributed by atoms with Gasteiger partial charge in [0.25, 0.3) is 0 Å². The van der Waals surface area contributed by atoms with Crippen LogP contribution < -0.4 is 5.32 Å². The molecule has 1 unspecified atom stereocenters. The van der Waals surface area contributed by atoms with Gasteiger partial charge in [0.15, 0.2) is 0 Å². The van der Waals surface area contributed by atoms with Crippen molar-refractivity contribution in [2.75, 3.05) is 6.54 Å². The number of carbonyl (C=O) groups excluding carboxylic acids is 1. The number of carboxylic acid groups (broad SMARTS) is 1. The van der Waals surface area contributed by atoms with Gasteiger partial charge in [0.1, 0.15) is 0 Å². The first kappa shape index (κ1) is 14.7. The van der Waals surface area contributed by atoms with Crippen LogP contribution in [-0.2, 0) is 9.59 Å². The highest BCUT2D eigenvalue weighted by molar-refractivity contribution is 5.85. The van der Waals surface area contributed by atoms with E-state index in [-0.39, 0.29) is 12.5 Å². The largest absolute Gasteiger partial charge is 0.481 e. The molecule has 0 aliphatic heterocycles. The van der Waals surface area contributed by atoms with Crippen molar-refractivity contribution in [1.82, 2.24) is 5.32 Å². The van der Waals surface area contributed by atoms with Crippen LogP contribution in [0, 0.1) is 11.8 Å². The van der Waals surface area contributed by atoms with Gasteiger partial charge in [-0.1, -0.05) is 19.1 Å². The maximum atomic E-state index is 12.0. The number of allylic oxidation sites excluding steroid dienone is 2. The second kappa shape index (κ2) is 6.00. The van der Waals surface area contributed by atoms with Gasteiger partial charge in [-0.2, -0.15) is 0 Å². The lowest BCUT2D eigenvalue weighted by atomic mass is 9.82. The molecule has 0 heterocycles. The average Bonchev–Trinajstić information content (AvgIpc) is 2.36. The molecule has 5 heteroatoms. The summed E-state index contributed by atoms with van der Waals surface area (Å²) in [5.41, 5.74) is -0.946. The molecule has 0 spiro atoms. The van der Waals surface area contributed by atoms with Crippen LogP contribution in [0.25, 0.3) is 0 Å². The summed E-state index contributed by atoms with van der Waals surface area (Å²) in [5, 5.41) is 21.5. The molecule has 102 valence electrons. The smallest absolute Gasteiger partial charge is 0.307 e. The molecular formula is C13H21NO4. The molecule has 0 bridgehead atoms. The summed E-state index contributed by atoms with van der Waals surface area (Å²) >= 11 is 0. The van der Waals surface area contributed by atoms with Gasteiger partial charge in [-0.3, -0.25) is 9.59 Å². The molecule has 18 heavy (non-hydrogen) atoms. The van der Waals surface area contributed by atoms with E-state index >= 15 is 0 Å². The summed E-state index contributed by atoms with van der Waals surface area (Å²) in [4.78, 5) is 23.0. The average molecular weight is 255 g/mol. The third kappa shape index (κ3) is 3.84. The Bertz CT molecular complexity index is 349. The van der Waals surface area contributed by atoms with E-state index in [9.17, 15) is 14.7 Å². The lowest BCUT2D eigenvalue weighted by molar-refractivity contribution is -0.147. The van der Waals surface area contributed by atoms with Crippen LogP contribution in [0.5, 0.6) is 0 Å². The molecule has 1 aliphatic rings. The van der Waals surface area contributed by atoms with Gasteiger partial charge in [0, 0.05) is 6.54 Å². The van der Waals surface area contributed by atoms with E-state index in [0.29, 0.717) is 19.3 Å². The summed E-state index contributed by atoms with van der Waals surface area (Å²) in [7, 11) is 0. The van der Waals surface area contributed by atoms with Crippen molar-refractivity contribution in [3.63, 3.8) is 0 Å². The van der Waals surface area contributed by atoms with E-state index in [1.54, 1.807) is 13.0 Å². The molecule has 0 saturated carbocycles. The zero-order valence-electron chi connectivity index (χ0n) is 10.8. The van der Waals surface area contributed by atoms with Crippen molar-refractivity contribution in [2.24, 2.45) is 11.8 Å². The van der Waals surface area contributed by atoms with Crippen molar-refractivity contribution in [2.45, 2.75) is 38.7 Å². The lowest BCUT2D eigenvalue weighted by Crippen LogP contribution is -2.45. The molecule has 1 aliphatic carbocycles. The van der Waals surface area contributed by atoms with E-state index in [0.717, 1.165) is 0 Å². The number of carbonyl (C=O) groups is 2. The maximum absolute atomic E-state index is 12.0. The first-order chi connectivity index (χ1) is 8.37. The van der Waals surface area contributed by atoms with E-state index in [2.05, 4.69) is 5.32 Å². The zero-order chi connectivity index (χ0) is 13.8. The number of carboxylic acids is 1. The number of nitrogens with one attached hydrogen (secondary N) is 1. The van der Waals surface area contributed by atoms with E-state index < -0.39 is 23.4 Å². The SMILES string of the molecule is CCC(C)(O)CNC(=O)[C@@H]1CC=CC[C@@H]1C(=O)O. The van der Waals surface area contributed by atoms with Crippen LogP contribution in [0.4, 0.5) is 0 Å². The van der Waals surface area contributed by atoms with Gasteiger partial charge in [-0.25, -0.2) is 0 Å². The van der Waals surface area contributed by atoms with Crippen LogP contribution in [0.1, 0.15) is 33.1 Å². The number of rotatable bonds is 5. The van der Waals surface area contributed by atoms with Crippen LogP contribution in [-0.4, -0.2) is 34.2 Å². The molecule has 3 atom stereocenters. The third-order valence-corrected chi connectivity index (χ3v) is 3.49. The Kier molecular flexibility index (Phi) is 4.90. The first-order valence-corrected chi connectivity index (χ1v) is 6.25. The molecular weight excluding hydrogens is 234 g/mol. The predicted octanol–water partition coefficient (Wildman–Crippen LogP) is 0.931. The molecule has 0 saturated heterocycles. The Balaban J connectivity index is 2.60. The van der Waals surface area contributed by atoms with Crippen molar-refractivity contribution in [3.05, 3.63) is 12.2 Å². The number of aliphatic hydroxyl groups is 1. The Morgan fingerprint density at radius 2 is 1.89 bits per heavy atom. The maximum Gasteiger partial charge on any atom is 0.307 e. The van der Waals surface area contributed by atoms with Gasteiger partial charge in [0.05, 0.1) is 17.4 Å². The van der Waals surface area contributed by atoms with Gasteiger partial charge in [0.2, 0.25) is 5.91 Å². The number of hydrogen-bond acceptors (Lipinski definition) is 3. The highest BCUT2D eigenvalue weighted by Crippen LogP contribution is 2.26. The Morgan fingerprint density at radius 1 is 1.33 bits per heavy atom. The highest BCUT2D eigenvalue weighted by atomic mass is 16.4. The number of aliphatic carboxylic acids is 1. The highest BCUT2D eigenvalue weighted by Gasteiger charge is 2.34. The number of amides is 1. The fourth-order valence-corrected chi connectivity index (χ4v) is 1.91. The summed E-state index contributed by atoms with van der Waals surface area (Å²) < 4.78 is 0. The summed E-state index contributed by atoms with van der Waals surface area (Å²) in [6, 6.07) is 0. The zero-order valence-corrected chi connectivity index (χ0v) is 10.8. The second-order valence-corrected chi connectivity index (χ2v) is 5.06.